The molecule has 4 N–H and O–H groups in total. The predicted molar refractivity (Wildman–Crippen MR) is 72.9 cm³/mol. The molecule has 1 aliphatic carbocycles. The SMILES string of the molecule is CC(CC(C)(N)C(N)=O)N1CCC2CCCCC21. The number of nitrogens with zero attached hydrogens (tertiary/aromatic N) is 1. The Morgan fingerprint density at radius 1 is 1.39 bits per heavy atom. The lowest BCUT2D eigenvalue weighted by molar-refractivity contribution is -0.123. The van der Waals surface area contributed by atoms with Crippen LogP contribution in [-0.4, -0.2) is 35.0 Å². The summed E-state index contributed by atoms with van der Waals surface area (Å²) in [5.41, 5.74) is 10.5. The van der Waals surface area contributed by atoms with E-state index in [4.69, 9.17) is 11.5 Å². The molecule has 0 radical (unpaired) electrons. The molecule has 4 nitrogen and oxygen atoms in total. The minimum atomic E-state index is -0.883. The Kier molecular flexibility index (Phi) is 3.97. The van der Waals surface area contributed by atoms with Crippen molar-refractivity contribution in [3.05, 3.63) is 0 Å². The Labute approximate surface area is 110 Å². The number of carbonyl (C=O) groups excluding carboxylic acids is 1. The van der Waals surface area contributed by atoms with Crippen molar-refractivity contribution in [3.8, 4) is 0 Å². The van der Waals surface area contributed by atoms with Crippen LogP contribution in [0.2, 0.25) is 0 Å². The average Bonchev–Trinajstić information content (AvgIpc) is 2.71. The van der Waals surface area contributed by atoms with Crippen LogP contribution in [0.4, 0.5) is 0 Å². The fourth-order valence-corrected chi connectivity index (χ4v) is 3.82. The summed E-state index contributed by atoms with van der Waals surface area (Å²) in [6, 6.07) is 1.07. The van der Waals surface area contributed by atoms with Gasteiger partial charge in [0, 0.05) is 12.1 Å². The molecule has 2 rings (SSSR count). The van der Waals surface area contributed by atoms with E-state index < -0.39 is 11.4 Å². The number of rotatable bonds is 4. The van der Waals surface area contributed by atoms with Crippen LogP contribution >= 0.6 is 0 Å². The summed E-state index contributed by atoms with van der Waals surface area (Å²) in [6.45, 7) is 5.09. The summed E-state index contributed by atoms with van der Waals surface area (Å²) in [6.07, 6.45) is 7.40. The second kappa shape index (κ2) is 5.17. The van der Waals surface area contributed by atoms with E-state index in [1.165, 1.54) is 32.1 Å². The molecule has 4 unspecified atom stereocenters. The van der Waals surface area contributed by atoms with E-state index in [0.29, 0.717) is 12.5 Å². The third-order valence-electron chi connectivity index (χ3n) is 4.90. The van der Waals surface area contributed by atoms with E-state index in [9.17, 15) is 4.79 Å². The first kappa shape index (κ1) is 13.8. The maximum Gasteiger partial charge on any atom is 0.237 e. The summed E-state index contributed by atoms with van der Waals surface area (Å²) < 4.78 is 0. The summed E-state index contributed by atoms with van der Waals surface area (Å²) >= 11 is 0. The maximum atomic E-state index is 11.3. The zero-order valence-electron chi connectivity index (χ0n) is 11.7. The molecule has 0 spiro atoms. The van der Waals surface area contributed by atoms with E-state index in [1.807, 2.05) is 0 Å². The quantitative estimate of drug-likeness (QED) is 0.791. The molecule has 18 heavy (non-hydrogen) atoms. The lowest BCUT2D eigenvalue weighted by atomic mass is 9.84. The number of primary amides is 1. The minimum absolute atomic E-state index is 0.348. The van der Waals surface area contributed by atoms with Gasteiger partial charge in [0.05, 0.1) is 5.54 Å². The van der Waals surface area contributed by atoms with Gasteiger partial charge in [0.2, 0.25) is 5.91 Å². The van der Waals surface area contributed by atoms with Crippen molar-refractivity contribution in [2.75, 3.05) is 6.54 Å². The summed E-state index contributed by atoms with van der Waals surface area (Å²) in [4.78, 5) is 13.9. The molecule has 2 fully saturated rings. The topological polar surface area (TPSA) is 72.3 Å². The van der Waals surface area contributed by atoms with Gasteiger partial charge < -0.3 is 11.5 Å². The van der Waals surface area contributed by atoms with Crippen molar-refractivity contribution in [1.29, 1.82) is 0 Å². The normalized spacial score (nSPS) is 33.7. The zero-order chi connectivity index (χ0) is 13.3. The molecule has 0 aromatic carbocycles. The highest BCUT2D eigenvalue weighted by atomic mass is 16.1. The fraction of sp³-hybridized carbons (Fsp3) is 0.929. The number of hydrogen-bond acceptors (Lipinski definition) is 3. The molecule has 2 aliphatic rings. The molecule has 4 heteroatoms. The average molecular weight is 253 g/mol. The Bertz CT molecular complexity index is 316. The molecule has 104 valence electrons. The highest BCUT2D eigenvalue weighted by Gasteiger charge is 2.40. The lowest BCUT2D eigenvalue weighted by Gasteiger charge is -2.38. The van der Waals surface area contributed by atoms with E-state index in [-0.39, 0.29) is 0 Å². The zero-order valence-corrected chi connectivity index (χ0v) is 11.7. The molecule has 1 saturated carbocycles. The number of fused-ring (bicyclic) bond motifs is 1. The molecule has 1 aliphatic heterocycles. The van der Waals surface area contributed by atoms with Gasteiger partial charge in [-0.1, -0.05) is 12.8 Å². The highest BCUT2D eigenvalue weighted by molar-refractivity contribution is 5.83. The van der Waals surface area contributed by atoms with Crippen LogP contribution in [0.5, 0.6) is 0 Å². The van der Waals surface area contributed by atoms with E-state index in [2.05, 4.69) is 11.8 Å². The molecular weight excluding hydrogens is 226 g/mol. The van der Waals surface area contributed by atoms with Crippen molar-refractivity contribution in [2.24, 2.45) is 17.4 Å². The molecule has 4 atom stereocenters. The summed E-state index contributed by atoms with van der Waals surface area (Å²) in [7, 11) is 0. The molecule has 1 amide bonds. The Balaban J connectivity index is 1.97. The molecule has 1 saturated heterocycles. The Hall–Kier alpha value is -0.610. The molecule has 0 bridgehead atoms. The van der Waals surface area contributed by atoms with Gasteiger partial charge >= 0.3 is 0 Å². The number of amides is 1. The highest BCUT2D eigenvalue weighted by Crippen LogP contribution is 2.38. The van der Waals surface area contributed by atoms with Gasteiger partial charge in [-0.25, -0.2) is 0 Å². The summed E-state index contributed by atoms with van der Waals surface area (Å²) in [5.74, 6) is 0.479. The van der Waals surface area contributed by atoms with Gasteiger partial charge in [0.1, 0.15) is 0 Å². The van der Waals surface area contributed by atoms with Crippen LogP contribution < -0.4 is 11.5 Å². The first-order valence-corrected chi connectivity index (χ1v) is 7.26. The number of carbonyl (C=O) groups is 1. The smallest absolute Gasteiger partial charge is 0.237 e. The van der Waals surface area contributed by atoms with Gasteiger partial charge in [0.15, 0.2) is 0 Å². The molecular formula is C14H27N3O. The van der Waals surface area contributed by atoms with Crippen LogP contribution in [0.15, 0.2) is 0 Å². The third kappa shape index (κ3) is 2.69. The van der Waals surface area contributed by atoms with Crippen molar-refractivity contribution in [2.45, 2.75) is 70.0 Å². The van der Waals surface area contributed by atoms with E-state index >= 15 is 0 Å². The fourth-order valence-electron chi connectivity index (χ4n) is 3.82. The molecule has 1 heterocycles. The van der Waals surface area contributed by atoms with E-state index in [0.717, 1.165) is 18.5 Å². The van der Waals surface area contributed by atoms with Crippen LogP contribution in [0.25, 0.3) is 0 Å². The molecule has 0 aromatic rings. The van der Waals surface area contributed by atoms with Gasteiger partial charge in [0.25, 0.3) is 0 Å². The van der Waals surface area contributed by atoms with Crippen molar-refractivity contribution in [1.82, 2.24) is 4.90 Å². The predicted octanol–water partition coefficient (Wildman–Crippen LogP) is 1.23. The van der Waals surface area contributed by atoms with Crippen LogP contribution in [-0.2, 0) is 4.79 Å². The second-order valence-corrected chi connectivity index (χ2v) is 6.47. The third-order valence-corrected chi connectivity index (χ3v) is 4.90. The minimum Gasteiger partial charge on any atom is -0.368 e. The second-order valence-electron chi connectivity index (χ2n) is 6.47. The number of likely N-dealkylation sites (tertiary alicyclic amines) is 1. The summed E-state index contributed by atoms with van der Waals surface area (Å²) in [5, 5.41) is 0. The van der Waals surface area contributed by atoms with Crippen molar-refractivity contribution < 1.29 is 4.79 Å². The Morgan fingerprint density at radius 2 is 2.06 bits per heavy atom. The van der Waals surface area contributed by atoms with Crippen LogP contribution in [0.3, 0.4) is 0 Å². The maximum absolute atomic E-state index is 11.3. The lowest BCUT2D eigenvalue weighted by Crippen LogP contribution is -2.54. The first-order valence-electron chi connectivity index (χ1n) is 7.26. The van der Waals surface area contributed by atoms with Crippen LogP contribution in [0, 0.1) is 5.92 Å². The van der Waals surface area contributed by atoms with Gasteiger partial charge in [-0.05, 0) is 52.0 Å². The number of nitrogens with two attached hydrogens (primary N) is 2. The monoisotopic (exact) mass is 253 g/mol. The first-order chi connectivity index (χ1) is 8.42. The van der Waals surface area contributed by atoms with Gasteiger partial charge in [-0.3, -0.25) is 9.69 Å². The standard InChI is InChI=1S/C14H27N3O/c1-10(9-14(2,16)13(15)18)17-8-7-11-5-3-4-6-12(11)17/h10-12H,3-9,16H2,1-2H3,(H2,15,18). The van der Waals surface area contributed by atoms with Crippen molar-refractivity contribution >= 4 is 5.91 Å². The number of hydrogen-bond donors (Lipinski definition) is 2. The van der Waals surface area contributed by atoms with Crippen molar-refractivity contribution in [3.63, 3.8) is 0 Å². The van der Waals surface area contributed by atoms with Gasteiger partial charge in [-0.15, -0.1) is 0 Å². The van der Waals surface area contributed by atoms with Gasteiger partial charge in [-0.2, -0.15) is 0 Å². The Morgan fingerprint density at radius 3 is 2.72 bits per heavy atom. The van der Waals surface area contributed by atoms with Crippen LogP contribution in [0.1, 0.15) is 52.4 Å². The largest absolute Gasteiger partial charge is 0.368 e. The molecule has 0 aromatic heterocycles. The van der Waals surface area contributed by atoms with E-state index in [1.54, 1.807) is 6.92 Å².